The van der Waals surface area contributed by atoms with E-state index in [1.807, 2.05) is 0 Å². The predicted octanol–water partition coefficient (Wildman–Crippen LogP) is 2.12. The van der Waals surface area contributed by atoms with Crippen LogP contribution in [0.5, 0.6) is 0 Å². The van der Waals surface area contributed by atoms with Crippen LogP contribution in [0.3, 0.4) is 0 Å². The van der Waals surface area contributed by atoms with Crippen molar-refractivity contribution in [2.24, 2.45) is 5.92 Å². The number of carbonyl (C=O) groups excluding carboxylic acids is 1. The number of carboxylic acid groups (broad SMARTS) is 1. The molecule has 19 heavy (non-hydrogen) atoms. The average molecular weight is 265 g/mol. The Hall–Kier alpha value is -1.91. The minimum absolute atomic E-state index is 0.142. The van der Waals surface area contributed by atoms with Crippen LogP contribution in [-0.2, 0) is 4.79 Å². The lowest BCUT2D eigenvalue weighted by molar-refractivity contribution is -0.141. The fourth-order valence-corrected chi connectivity index (χ4v) is 2.47. The van der Waals surface area contributed by atoms with Gasteiger partial charge in [0.25, 0.3) is 5.91 Å². The van der Waals surface area contributed by atoms with Gasteiger partial charge in [-0.2, -0.15) is 0 Å². The molecule has 0 spiro atoms. The number of hydrogen-bond donors (Lipinski definition) is 2. The first-order valence-electron chi connectivity index (χ1n) is 6.26. The van der Waals surface area contributed by atoms with E-state index in [2.05, 4.69) is 5.32 Å². The molecule has 1 aromatic carbocycles. The van der Waals surface area contributed by atoms with Crippen LogP contribution in [0.1, 0.15) is 35.2 Å². The summed E-state index contributed by atoms with van der Waals surface area (Å²) in [4.78, 5) is 22.8. The highest BCUT2D eigenvalue weighted by Crippen LogP contribution is 2.25. The van der Waals surface area contributed by atoms with Gasteiger partial charge in [0.05, 0.1) is 5.92 Å². The second kappa shape index (κ2) is 5.38. The molecule has 4 nitrogen and oxygen atoms in total. The Kier molecular flexibility index (Phi) is 3.83. The molecule has 5 heteroatoms. The standard InChI is InChI=1S/C14H16FNO3/c1-8-4-10(6-11(15)5-8)13(17)16-12-3-2-9(7-12)14(18)19/h4-6,9,12H,2-3,7H2,1H3,(H,16,17)(H,18,19)/t9-,12+/m1/s1. The molecule has 0 aliphatic heterocycles. The van der Waals surface area contributed by atoms with E-state index in [4.69, 9.17) is 5.11 Å². The first-order chi connectivity index (χ1) is 8.95. The van der Waals surface area contributed by atoms with Crippen LogP contribution in [0.4, 0.5) is 4.39 Å². The predicted molar refractivity (Wildman–Crippen MR) is 67.4 cm³/mol. The van der Waals surface area contributed by atoms with Crippen LogP contribution in [0.2, 0.25) is 0 Å². The van der Waals surface area contributed by atoms with E-state index in [1.165, 1.54) is 12.1 Å². The summed E-state index contributed by atoms with van der Waals surface area (Å²) in [6, 6.07) is 4.01. The molecule has 0 heterocycles. The molecule has 1 aliphatic carbocycles. The maximum atomic E-state index is 13.2. The molecule has 2 rings (SSSR count). The molecule has 1 aliphatic rings. The van der Waals surface area contributed by atoms with Crippen LogP contribution >= 0.6 is 0 Å². The maximum Gasteiger partial charge on any atom is 0.306 e. The fraction of sp³-hybridized carbons (Fsp3) is 0.429. The fourth-order valence-electron chi connectivity index (χ4n) is 2.47. The summed E-state index contributed by atoms with van der Waals surface area (Å²) in [5.74, 6) is -2.00. The van der Waals surface area contributed by atoms with Gasteiger partial charge in [-0.25, -0.2) is 4.39 Å². The second-order valence-corrected chi connectivity index (χ2v) is 5.04. The van der Waals surface area contributed by atoms with Gasteiger partial charge in [-0.15, -0.1) is 0 Å². The zero-order valence-electron chi connectivity index (χ0n) is 10.6. The number of halogens is 1. The number of rotatable bonds is 3. The first kappa shape index (κ1) is 13.5. The van der Waals surface area contributed by atoms with Gasteiger partial charge in [0.15, 0.2) is 0 Å². The highest BCUT2D eigenvalue weighted by Gasteiger charge is 2.30. The molecule has 0 bridgehead atoms. The molecule has 1 saturated carbocycles. The van der Waals surface area contributed by atoms with Crippen LogP contribution in [-0.4, -0.2) is 23.0 Å². The van der Waals surface area contributed by atoms with Gasteiger partial charge in [-0.3, -0.25) is 9.59 Å². The molecular formula is C14H16FNO3. The largest absolute Gasteiger partial charge is 0.481 e. The lowest BCUT2D eigenvalue weighted by Gasteiger charge is -2.12. The molecule has 1 aromatic rings. The Labute approximate surface area is 110 Å². The number of carbonyl (C=O) groups is 2. The second-order valence-electron chi connectivity index (χ2n) is 5.04. The molecule has 0 saturated heterocycles. The van der Waals surface area contributed by atoms with Crippen molar-refractivity contribution < 1.29 is 19.1 Å². The van der Waals surface area contributed by atoms with Gasteiger partial charge < -0.3 is 10.4 Å². The summed E-state index contributed by atoms with van der Waals surface area (Å²) in [5.41, 5.74) is 0.955. The third kappa shape index (κ3) is 3.30. The number of hydrogen-bond acceptors (Lipinski definition) is 2. The Balaban J connectivity index is 2.00. The number of carboxylic acids is 1. The van der Waals surface area contributed by atoms with E-state index < -0.39 is 11.8 Å². The molecule has 1 amide bonds. The topological polar surface area (TPSA) is 66.4 Å². The minimum Gasteiger partial charge on any atom is -0.481 e. The number of aryl methyl sites for hydroxylation is 1. The number of benzene rings is 1. The molecule has 2 atom stereocenters. The lowest BCUT2D eigenvalue weighted by Crippen LogP contribution is -2.33. The molecular weight excluding hydrogens is 249 g/mol. The molecule has 0 unspecified atom stereocenters. The van der Waals surface area contributed by atoms with Crippen molar-refractivity contribution in [3.8, 4) is 0 Å². The van der Waals surface area contributed by atoms with Crippen molar-refractivity contribution >= 4 is 11.9 Å². The van der Waals surface area contributed by atoms with Crippen molar-refractivity contribution in [3.05, 3.63) is 35.1 Å². The molecule has 102 valence electrons. The van der Waals surface area contributed by atoms with Crippen molar-refractivity contribution in [3.63, 3.8) is 0 Å². The summed E-state index contributed by atoms with van der Waals surface area (Å²) in [6.07, 6.45) is 1.66. The first-order valence-corrected chi connectivity index (χ1v) is 6.26. The molecule has 1 fully saturated rings. The van der Waals surface area contributed by atoms with E-state index in [-0.39, 0.29) is 23.4 Å². The quantitative estimate of drug-likeness (QED) is 0.879. The van der Waals surface area contributed by atoms with E-state index in [0.717, 1.165) is 0 Å². The summed E-state index contributed by atoms with van der Waals surface area (Å²) < 4.78 is 13.2. The Bertz CT molecular complexity index is 495. The highest BCUT2D eigenvalue weighted by atomic mass is 19.1. The van der Waals surface area contributed by atoms with Crippen LogP contribution in [0.15, 0.2) is 18.2 Å². The summed E-state index contributed by atoms with van der Waals surface area (Å²) >= 11 is 0. The van der Waals surface area contributed by atoms with Crippen LogP contribution in [0, 0.1) is 18.7 Å². The Morgan fingerprint density at radius 2 is 2.05 bits per heavy atom. The van der Waals surface area contributed by atoms with Gasteiger partial charge in [0.1, 0.15) is 5.82 Å². The van der Waals surface area contributed by atoms with Gasteiger partial charge >= 0.3 is 5.97 Å². The number of aliphatic carboxylic acids is 1. The molecule has 0 aromatic heterocycles. The van der Waals surface area contributed by atoms with E-state index in [9.17, 15) is 14.0 Å². The molecule has 0 radical (unpaired) electrons. The minimum atomic E-state index is -0.821. The van der Waals surface area contributed by atoms with Gasteiger partial charge in [-0.1, -0.05) is 0 Å². The molecule has 2 N–H and O–H groups in total. The van der Waals surface area contributed by atoms with E-state index in [0.29, 0.717) is 24.8 Å². The number of amides is 1. The zero-order valence-corrected chi connectivity index (χ0v) is 10.6. The van der Waals surface area contributed by atoms with Crippen LogP contribution < -0.4 is 5.32 Å². The Morgan fingerprint density at radius 1 is 1.32 bits per heavy atom. The average Bonchev–Trinajstić information content (AvgIpc) is 2.76. The third-order valence-corrected chi connectivity index (χ3v) is 3.42. The zero-order chi connectivity index (χ0) is 14.0. The maximum absolute atomic E-state index is 13.2. The highest BCUT2D eigenvalue weighted by molar-refractivity contribution is 5.94. The van der Waals surface area contributed by atoms with Gasteiger partial charge in [0, 0.05) is 11.6 Å². The summed E-state index contributed by atoms with van der Waals surface area (Å²) in [7, 11) is 0. The van der Waals surface area contributed by atoms with Gasteiger partial charge in [-0.05, 0) is 49.9 Å². The lowest BCUT2D eigenvalue weighted by atomic mass is 10.1. The Morgan fingerprint density at radius 3 is 2.63 bits per heavy atom. The van der Waals surface area contributed by atoms with Crippen molar-refractivity contribution in [1.82, 2.24) is 5.32 Å². The summed E-state index contributed by atoms with van der Waals surface area (Å²) in [5, 5.41) is 11.7. The normalized spacial score (nSPS) is 22.2. The van der Waals surface area contributed by atoms with Crippen LogP contribution in [0.25, 0.3) is 0 Å². The van der Waals surface area contributed by atoms with E-state index >= 15 is 0 Å². The van der Waals surface area contributed by atoms with E-state index in [1.54, 1.807) is 13.0 Å². The van der Waals surface area contributed by atoms with Crippen molar-refractivity contribution in [2.75, 3.05) is 0 Å². The van der Waals surface area contributed by atoms with Crippen molar-refractivity contribution in [2.45, 2.75) is 32.2 Å². The SMILES string of the molecule is Cc1cc(F)cc(C(=O)N[C@H]2CC[C@@H](C(=O)O)C2)c1. The number of nitrogens with one attached hydrogen (secondary N) is 1. The van der Waals surface area contributed by atoms with Crippen molar-refractivity contribution in [1.29, 1.82) is 0 Å². The summed E-state index contributed by atoms with van der Waals surface area (Å²) in [6.45, 7) is 1.72. The third-order valence-electron chi connectivity index (χ3n) is 3.42. The monoisotopic (exact) mass is 265 g/mol. The van der Waals surface area contributed by atoms with Gasteiger partial charge in [0.2, 0.25) is 0 Å². The smallest absolute Gasteiger partial charge is 0.306 e.